The third kappa shape index (κ3) is 3.85. The normalized spacial score (nSPS) is 10.2. The van der Waals surface area contributed by atoms with Gasteiger partial charge in [0.1, 0.15) is 5.76 Å². The smallest absolute Gasteiger partial charge is 0.251 e. The predicted molar refractivity (Wildman–Crippen MR) is 68.6 cm³/mol. The highest BCUT2D eigenvalue weighted by atomic mass is 19.2. The molecule has 8 heteroatoms. The summed E-state index contributed by atoms with van der Waals surface area (Å²) in [6.45, 7) is 1.32. The molecule has 6 nitrogen and oxygen atoms in total. The van der Waals surface area contributed by atoms with Crippen molar-refractivity contribution < 1.29 is 22.9 Å². The lowest BCUT2D eigenvalue weighted by molar-refractivity contribution is -0.115. The Bertz CT molecular complexity index is 685. The molecule has 110 valence electrons. The van der Waals surface area contributed by atoms with Gasteiger partial charge in [-0.05, 0) is 25.1 Å². The molecule has 0 atom stereocenters. The molecule has 0 saturated carbocycles. The second-order valence-electron chi connectivity index (χ2n) is 4.18. The zero-order chi connectivity index (χ0) is 15.4. The van der Waals surface area contributed by atoms with Crippen LogP contribution in [-0.2, 0) is 4.79 Å². The van der Waals surface area contributed by atoms with E-state index in [1.807, 2.05) is 0 Å². The first-order valence-corrected chi connectivity index (χ1v) is 5.92. The quantitative estimate of drug-likeness (QED) is 0.898. The fourth-order valence-corrected chi connectivity index (χ4v) is 1.51. The lowest BCUT2D eigenvalue weighted by Gasteiger charge is -2.05. The van der Waals surface area contributed by atoms with E-state index >= 15 is 0 Å². The van der Waals surface area contributed by atoms with Gasteiger partial charge >= 0.3 is 0 Å². The van der Waals surface area contributed by atoms with Crippen molar-refractivity contribution in [1.82, 2.24) is 10.5 Å². The standard InChI is InChI=1S/C13H11F2N3O3/c1-7-4-11(18-21-7)17-12(19)6-16-13(20)8-2-3-9(14)10(15)5-8/h2-5H,6H2,1H3,(H,16,20)(H,17,18,19). The van der Waals surface area contributed by atoms with Crippen LogP contribution in [0.3, 0.4) is 0 Å². The summed E-state index contributed by atoms with van der Waals surface area (Å²) in [7, 11) is 0. The maximum atomic E-state index is 13.0. The molecule has 2 amide bonds. The van der Waals surface area contributed by atoms with E-state index in [9.17, 15) is 18.4 Å². The number of benzene rings is 1. The summed E-state index contributed by atoms with van der Waals surface area (Å²) in [4.78, 5) is 23.2. The fourth-order valence-electron chi connectivity index (χ4n) is 1.51. The molecule has 2 N–H and O–H groups in total. The van der Waals surface area contributed by atoms with Crippen molar-refractivity contribution in [2.24, 2.45) is 0 Å². The molecule has 1 aromatic heterocycles. The summed E-state index contributed by atoms with van der Waals surface area (Å²) in [6.07, 6.45) is 0. The van der Waals surface area contributed by atoms with Gasteiger partial charge in [-0.2, -0.15) is 0 Å². The van der Waals surface area contributed by atoms with E-state index < -0.39 is 23.4 Å². The van der Waals surface area contributed by atoms with Gasteiger partial charge in [0.15, 0.2) is 17.5 Å². The van der Waals surface area contributed by atoms with E-state index in [-0.39, 0.29) is 17.9 Å². The van der Waals surface area contributed by atoms with Crippen LogP contribution in [0.5, 0.6) is 0 Å². The topological polar surface area (TPSA) is 84.2 Å². The second kappa shape index (κ2) is 6.12. The molecule has 2 aromatic rings. The van der Waals surface area contributed by atoms with Gasteiger partial charge in [-0.3, -0.25) is 9.59 Å². The van der Waals surface area contributed by atoms with Crippen LogP contribution >= 0.6 is 0 Å². The van der Waals surface area contributed by atoms with Crippen molar-refractivity contribution in [1.29, 1.82) is 0 Å². The molecule has 1 heterocycles. The Hall–Kier alpha value is -2.77. The number of halogens is 2. The molecule has 2 rings (SSSR count). The first-order valence-electron chi connectivity index (χ1n) is 5.92. The first kappa shape index (κ1) is 14.6. The van der Waals surface area contributed by atoms with Crippen LogP contribution in [0.15, 0.2) is 28.8 Å². The largest absolute Gasteiger partial charge is 0.360 e. The Labute approximate surface area is 118 Å². The molecule has 0 aliphatic heterocycles. The van der Waals surface area contributed by atoms with Gasteiger partial charge in [-0.15, -0.1) is 0 Å². The van der Waals surface area contributed by atoms with Crippen LogP contribution in [-0.4, -0.2) is 23.5 Å². The average Bonchev–Trinajstić information content (AvgIpc) is 2.84. The minimum Gasteiger partial charge on any atom is -0.360 e. The number of nitrogens with zero attached hydrogens (tertiary/aromatic N) is 1. The number of aryl methyl sites for hydroxylation is 1. The molecule has 0 fully saturated rings. The maximum Gasteiger partial charge on any atom is 0.251 e. The van der Waals surface area contributed by atoms with Gasteiger partial charge in [-0.25, -0.2) is 8.78 Å². The predicted octanol–water partition coefficient (Wildman–Crippen LogP) is 1.63. The Morgan fingerprint density at radius 3 is 2.62 bits per heavy atom. The lowest BCUT2D eigenvalue weighted by atomic mass is 10.2. The summed E-state index contributed by atoms with van der Waals surface area (Å²) in [5.41, 5.74) is -0.0843. The molecule has 0 spiro atoms. The Kier molecular flexibility index (Phi) is 4.27. The van der Waals surface area contributed by atoms with Crippen molar-refractivity contribution in [3.8, 4) is 0 Å². The van der Waals surface area contributed by atoms with Crippen LogP contribution in [0.25, 0.3) is 0 Å². The Balaban J connectivity index is 1.88. The van der Waals surface area contributed by atoms with E-state index in [4.69, 9.17) is 4.52 Å². The molecule has 0 aliphatic rings. The first-order chi connectivity index (χ1) is 9.95. The third-order valence-electron chi connectivity index (χ3n) is 2.49. The minimum absolute atomic E-state index is 0.0843. The van der Waals surface area contributed by atoms with Crippen molar-refractivity contribution >= 4 is 17.6 Å². The zero-order valence-electron chi connectivity index (χ0n) is 10.9. The lowest BCUT2D eigenvalue weighted by Crippen LogP contribution is -2.33. The number of amides is 2. The summed E-state index contributed by atoms with van der Waals surface area (Å²) < 4.78 is 30.5. The molecule has 0 saturated heterocycles. The second-order valence-corrected chi connectivity index (χ2v) is 4.18. The average molecular weight is 295 g/mol. The number of carbonyl (C=O) groups excluding carboxylic acids is 2. The van der Waals surface area contributed by atoms with Gasteiger partial charge in [-0.1, -0.05) is 5.16 Å². The highest BCUT2D eigenvalue weighted by molar-refractivity contribution is 5.99. The number of rotatable bonds is 4. The van der Waals surface area contributed by atoms with E-state index in [0.29, 0.717) is 5.76 Å². The van der Waals surface area contributed by atoms with Gasteiger partial charge in [0.05, 0.1) is 6.54 Å². The molecule has 1 aromatic carbocycles. The van der Waals surface area contributed by atoms with Crippen LogP contribution in [0.1, 0.15) is 16.1 Å². The number of anilines is 1. The van der Waals surface area contributed by atoms with Gasteiger partial charge < -0.3 is 15.2 Å². The van der Waals surface area contributed by atoms with Crippen molar-refractivity contribution in [3.63, 3.8) is 0 Å². The minimum atomic E-state index is -1.13. The number of nitrogens with one attached hydrogen (secondary N) is 2. The number of hydrogen-bond acceptors (Lipinski definition) is 4. The summed E-state index contributed by atoms with van der Waals surface area (Å²) in [5.74, 6) is -2.66. The molecular formula is C13H11F2N3O3. The molecule has 0 radical (unpaired) electrons. The van der Waals surface area contributed by atoms with E-state index in [1.54, 1.807) is 6.92 Å². The monoisotopic (exact) mass is 295 g/mol. The van der Waals surface area contributed by atoms with Crippen LogP contribution in [0.4, 0.5) is 14.6 Å². The molecule has 0 unspecified atom stereocenters. The molecular weight excluding hydrogens is 284 g/mol. The molecule has 21 heavy (non-hydrogen) atoms. The molecule has 0 aliphatic carbocycles. The number of hydrogen-bond donors (Lipinski definition) is 2. The fraction of sp³-hybridized carbons (Fsp3) is 0.154. The molecule has 0 bridgehead atoms. The van der Waals surface area contributed by atoms with E-state index in [0.717, 1.165) is 18.2 Å². The number of carbonyl (C=O) groups is 2. The third-order valence-corrected chi connectivity index (χ3v) is 2.49. The van der Waals surface area contributed by atoms with Gasteiger partial charge in [0, 0.05) is 11.6 Å². The van der Waals surface area contributed by atoms with Crippen molar-refractivity contribution in [2.45, 2.75) is 6.92 Å². The van der Waals surface area contributed by atoms with Gasteiger partial charge in [0.25, 0.3) is 5.91 Å². The highest BCUT2D eigenvalue weighted by Crippen LogP contribution is 2.09. The Morgan fingerprint density at radius 1 is 1.24 bits per heavy atom. The maximum absolute atomic E-state index is 13.0. The summed E-state index contributed by atoms with van der Waals surface area (Å²) in [6, 6.07) is 4.22. The van der Waals surface area contributed by atoms with Crippen molar-refractivity contribution in [3.05, 3.63) is 47.2 Å². The van der Waals surface area contributed by atoms with E-state index in [2.05, 4.69) is 15.8 Å². The highest BCUT2D eigenvalue weighted by Gasteiger charge is 2.12. The van der Waals surface area contributed by atoms with Crippen LogP contribution < -0.4 is 10.6 Å². The van der Waals surface area contributed by atoms with Crippen LogP contribution in [0, 0.1) is 18.6 Å². The Morgan fingerprint density at radius 2 is 2.00 bits per heavy atom. The SMILES string of the molecule is Cc1cc(NC(=O)CNC(=O)c2ccc(F)c(F)c2)no1. The van der Waals surface area contributed by atoms with Gasteiger partial charge in [0.2, 0.25) is 5.91 Å². The van der Waals surface area contributed by atoms with Crippen molar-refractivity contribution in [2.75, 3.05) is 11.9 Å². The van der Waals surface area contributed by atoms with Crippen LogP contribution in [0.2, 0.25) is 0 Å². The summed E-state index contributed by atoms with van der Waals surface area (Å²) >= 11 is 0. The zero-order valence-corrected chi connectivity index (χ0v) is 10.9. The summed E-state index contributed by atoms with van der Waals surface area (Å²) in [5, 5.41) is 8.22. The van der Waals surface area contributed by atoms with E-state index in [1.165, 1.54) is 6.07 Å². The number of aromatic nitrogens is 1.